The molecule has 0 bridgehead atoms. The van der Waals surface area contributed by atoms with Crippen molar-refractivity contribution in [2.45, 2.75) is 24.9 Å². The van der Waals surface area contributed by atoms with Crippen LogP contribution in [0.1, 0.15) is 11.4 Å². The molecule has 0 atom stereocenters. The Hall–Kier alpha value is -2.71. The molecule has 1 amide bonds. The molecule has 0 aliphatic heterocycles. The van der Waals surface area contributed by atoms with Crippen LogP contribution in [0, 0.1) is 6.92 Å². The Morgan fingerprint density at radius 2 is 1.84 bits per heavy atom. The van der Waals surface area contributed by atoms with E-state index in [-0.39, 0.29) is 17.3 Å². The van der Waals surface area contributed by atoms with E-state index in [2.05, 4.69) is 10.3 Å². The second kappa shape index (κ2) is 6.66. The summed E-state index contributed by atoms with van der Waals surface area (Å²) in [5.41, 5.74) is 2.55. The molecule has 1 heterocycles. The van der Waals surface area contributed by atoms with E-state index >= 15 is 0 Å². The number of carbonyl (C=O) groups excluding carboxylic acids is 1. The van der Waals surface area contributed by atoms with Gasteiger partial charge in [0.15, 0.2) is 0 Å². The number of para-hydroxylation sites is 2. The Morgan fingerprint density at radius 3 is 2.52 bits per heavy atom. The SMILES string of the molecule is Cc1nc2ccccc2n1CC(=O)NCc1ccc(S(N)(=O)=O)cc1. The number of imidazole rings is 1. The molecule has 7 nitrogen and oxygen atoms in total. The van der Waals surface area contributed by atoms with Crippen molar-refractivity contribution >= 4 is 27.0 Å². The summed E-state index contributed by atoms with van der Waals surface area (Å²) >= 11 is 0. The number of nitrogens with two attached hydrogens (primary N) is 1. The van der Waals surface area contributed by atoms with Gasteiger partial charge in [-0.2, -0.15) is 0 Å². The number of amides is 1. The summed E-state index contributed by atoms with van der Waals surface area (Å²) < 4.78 is 24.3. The van der Waals surface area contributed by atoms with Crippen molar-refractivity contribution in [3.63, 3.8) is 0 Å². The minimum atomic E-state index is -3.71. The topological polar surface area (TPSA) is 107 Å². The zero-order valence-electron chi connectivity index (χ0n) is 13.6. The fourth-order valence-electron chi connectivity index (χ4n) is 2.59. The Kier molecular flexibility index (Phi) is 4.56. The molecule has 3 rings (SSSR count). The Bertz CT molecular complexity index is 1020. The van der Waals surface area contributed by atoms with Crippen LogP contribution in [0.4, 0.5) is 0 Å². The maximum atomic E-state index is 12.2. The van der Waals surface area contributed by atoms with Gasteiger partial charge in [0.2, 0.25) is 15.9 Å². The molecule has 0 aliphatic carbocycles. The number of aryl methyl sites for hydroxylation is 1. The lowest BCUT2D eigenvalue weighted by Crippen LogP contribution is -2.27. The van der Waals surface area contributed by atoms with Gasteiger partial charge < -0.3 is 9.88 Å². The summed E-state index contributed by atoms with van der Waals surface area (Å²) in [7, 11) is -3.71. The van der Waals surface area contributed by atoms with Crippen LogP contribution in [-0.2, 0) is 27.9 Å². The first-order valence-electron chi connectivity index (χ1n) is 7.65. The van der Waals surface area contributed by atoms with Crippen LogP contribution < -0.4 is 10.5 Å². The number of rotatable bonds is 5. The highest BCUT2D eigenvalue weighted by Crippen LogP contribution is 2.15. The fraction of sp³-hybridized carbons (Fsp3) is 0.176. The van der Waals surface area contributed by atoms with E-state index in [0.717, 1.165) is 22.4 Å². The number of nitrogens with zero attached hydrogens (tertiary/aromatic N) is 2. The number of sulfonamides is 1. The number of hydrogen-bond donors (Lipinski definition) is 2. The van der Waals surface area contributed by atoms with Crippen LogP contribution in [0.15, 0.2) is 53.4 Å². The molecule has 0 saturated carbocycles. The van der Waals surface area contributed by atoms with Crippen molar-refractivity contribution in [1.82, 2.24) is 14.9 Å². The number of hydrogen-bond acceptors (Lipinski definition) is 4. The normalized spacial score (nSPS) is 11.6. The molecule has 0 radical (unpaired) electrons. The van der Waals surface area contributed by atoms with E-state index in [1.54, 1.807) is 12.1 Å². The van der Waals surface area contributed by atoms with Crippen molar-refractivity contribution in [3.8, 4) is 0 Å². The van der Waals surface area contributed by atoms with E-state index in [1.165, 1.54) is 12.1 Å². The predicted octanol–water partition coefficient (Wildman–Crippen LogP) is 1.31. The summed E-state index contributed by atoms with van der Waals surface area (Å²) in [5.74, 6) is 0.621. The number of benzene rings is 2. The molecule has 25 heavy (non-hydrogen) atoms. The average Bonchev–Trinajstić information content (AvgIpc) is 2.88. The lowest BCUT2D eigenvalue weighted by atomic mass is 10.2. The monoisotopic (exact) mass is 358 g/mol. The van der Waals surface area contributed by atoms with Crippen LogP contribution in [0.5, 0.6) is 0 Å². The Balaban J connectivity index is 1.66. The summed E-state index contributed by atoms with van der Waals surface area (Å²) in [4.78, 5) is 16.7. The molecule has 2 aromatic carbocycles. The second-order valence-corrected chi connectivity index (χ2v) is 7.26. The van der Waals surface area contributed by atoms with Gasteiger partial charge in [0.05, 0.1) is 15.9 Å². The van der Waals surface area contributed by atoms with E-state index < -0.39 is 10.0 Å². The van der Waals surface area contributed by atoms with Gasteiger partial charge in [0, 0.05) is 6.54 Å². The molecule has 8 heteroatoms. The largest absolute Gasteiger partial charge is 0.350 e. The highest BCUT2D eigenvalue weighted by molar-refractivity contribution is 7.89. The standard InChI is InChI=1S/C17H18N4O3S/c1-12-20-15-4-2-3-5-16(15)21(12)11-17(22)19-10-13-6-8-14(9-7-13)25(18,23)24/h2-9H,10-11H2,1H3,(H,19,22)(H2,18,23,24). The molecule has 0 fully saturated rings. The third-order valence-electron chi connectivity index (χ3n) is 3.89. The molecular weight excluding hydrogens is 340 g/mol. The van der Waals surface area contributed by atoms with Gasteiger partial charge in [-0.3, -0.25) is 4.79 Å². The zero-order valence-corrected chi connectivity index (χ0v) is 14.5. The molecule has 130 valence electrons. The lowest BCUT2D eigenvalue weighted by Gasteiger charge is -2.09. The fourth-order valence-corrected chi connectivity index (χ4v) is 3.11. The first-order valence-corrected chi connectivity index (χ1v) is 9.19. The van der Waals surface area contributed by atoms with Gasteiger partial charge in [0.1, 0.15) is 12.4 Å². The van der Waals surface area contributed by atoms with E-state index in [0.29, 0.717) is 6.54 Å². The number of nitrogens with one attached hydrogen (secondary N) is 1. The molecule has 3 N–H and O–H groups in total. The van der Waals surface area contributed by atoms with E-state index in [1.807, 2.05) is 35.8 Å². The van der Waals surface area contributed by atoms with Crippen LogP contribution >= 0.6 is 0 Å². The van der Waals surface area contributed by atoms with Crippen molar-refractivity contribution in [2.24, 2.45) is 5.14 Å². The van der Waals surface area contributed by atoms with Gasteiger partial charge in [-0.25, -0.2) is 18.5 Å². The smallest absolute Gasteiger partial charge is 0.240 e. The van der Waals surface area contributed by atoms with Gasteiger partial charge >= 0.3 is 0 Å². The molecule has 0 saturated heterocycles. The maximum absolute atomic E-state index is 12.2. The zero-order chi connectivity index (χ0) is 18.0. The minimum absolute atomic E-state index is 0.0445. The summed E-state index contributed by atoms with van der Waals surface area (Å²) in [6.45, 7) is 2.33. The van der Waals surface area contributed by atoms with Crippen LogP contribution in [-0.4, -0.2) is 23.9 Å². The predicted molar refractivity (Wildman–Crippen MR) is 94.1 cm³/mol. The first-order chi connectivity index (χ1) is 11.8. The van der Waals surface area contributed by atoms with Crippen LogP contribution in [0.2, 0.25) is 0 Å². The quantitative estimate of drug-likeness (QED) is 0.717. The average molecular weight is 358 g/mol. The van der Waals surface area contributed by atoms with Crippen molar-refractivity contribution < 1.29 is 13.2 Å². The third-order valence-corrected chi connectivity index (χ3v) is 4.82. The highest BCUT2D eigenvalue weighted by atomic mass is 32.2. The Morgan fingerprint density at radius 1 is 1.16 bits per heavy atom. The summed E-state index contributed by atoms with van der Waals surface area (Å²) in [6, 6.07) is 13.7. The molecule has 0 spiro atoms. The van der Waals surface area contributed by atoms with Gasteiger partial charge in [-0.1, -0.05) is 24.3 Å². The van der Waals surface area contributed by atoms with E-state index in [9.17, 15) is 13.2 Å². The Labute approximate surface area is 145 Å². The lowest BCUT2D eigenvalue weighted by molar-refractivity contribution is -0.121. The first kappa shape index (κ1) is 17.1. The van der Waals surface area contributed by atoms with Gasteiger partial charge in [0.25, 0.3) is 0 Å². The highest BCUT2D eigenvalue weighted by Gasteiger charge is 2.11. The molecule has 0 aliphatic rings. The van der Waals surface area contributed by atoms with E-state index in [4.69, 9.17) is 5.14 Å². The molecule has 3 aromatic rings. The van der Waals surface area contributed by atoms with Crippen molar-refractivity contribution in [1.29, 1.82) is 0 Å². The molecule has 0 unspecified atom stereocenters. The number of carbonyl (C=O) groups is 1. The number of aromatic nitrogens is 2. The van der Waals surface area contributed by atoms with Gasteiger partial charge in [-0.05, 0) is 36.8 Å². The maximum Gasteiger partial charge on any atom is 0.240 e. The number of primary sulfonamides is 1. The molecule has 1 aromatic heterocycles. The number of fused-ring (bicyclic) bond motifs is 1. The van der Waals surface area contributed by atoms with Gasteiger partial charge in [-0.15, -0.1) is 0 Å². The minimum Gasteiger partial charge on any atom is -0.350 e. The molecular formula is C17H18N4O3S. The van der Waals surface area contributed by atoms with Crippen LogP contribution in [0.3, 0.4) is 0 Å². The summed E-state index contributed by atoms with van der Waals surface area (Å²) in [5, 5.41) is 7.88. The van der Waals surface area contributed by atoms with Crippen molar-refractivity contribution in [3.05, 3.63) is 59.9 Å². The van der Waals surface area contributed by atoms with Crippen LogP contribution in [0.25, 0.3) is 11.0 Å². The summed E-state index contributed by atoms with van der Waals surface area (Å²) in [6.07, 6.45) is 0. The van der Waals surface area contributed by atoms with Crippen molar-refractivity contribution in [2.75, 3.05) is 0 Å². The second-order valence-electron chi connectivity index (χ2n) is 5.70. The third kappa shape index (κ3) is 3.86.